The summed E-state index contributed by atoms with van der Waals surface area (Å²) >= 11 is 1.70. The molecule has 0 amide bonds. The third kappa shape index (κ3) is 2.93. The zero-order valence-electron chi connectivity index (χ0n) is 9.35. The molecule has 2 heterocycles. The molecule has 0 bridgehead atoms. The van der Waals surface area contributed by atoms with Gasteiger partial charge in [0.2, 0.25) is 0 Å². The van der Waals surface area contributed by atoms with E-state index >= 15 is 0 Å². The first kappa shape index (κ1) is 11.4. The van der Waals surface area contributed by atoms with Gasteiger partial charge in [0, 0.05) is 29.1 Å². The van der Waals surface area contributed by atoms with Crippen molar-refractivity contribution in [2.45, 2.75) is 25.8 Å². The van der Waals surface area contributed by atoms with E-state index in [1.807, 2.05) is 24.0 Å². The predicted octanol–water partition coefficient (Wildman–Crippen LogP) is 3.02. The second-order valence-electron chi connectivity index (χ2n) is 3.74. The van der Waals surface area contributed by atoms with Crippen LogP contribution in [0.2, 0.25) is 0 Å². The second kappa shape index (κ2) is 5.82. The van der Waals surface area contributed by atoms with Gasteiger partial charge in [-0.25, -0.2) is 0 Å². The van der Waals surface area contributed by atoms with E-state index in [0.29, 0.717) is 6.04 Å². The molecule has 1 N–H and O–H groups in total. The standard InChI is InChI=1S/C12H16N2OS/c1-2-4-14-12(10-3-5-15-8-10)6-11-7-13-9-16-11/h3,5,7-9,12,14H,2,4,6H2,1H3. The average molecular weight is 236 g/mol. The molecule has 0 aliphatic rings. The molecule has 1 unspecified atom stereocenters. The number of hydrogen-bond donors (Lipinski definition) is 1. The van der Waals surface area contributed by atoms with E-state index < -0.39 is 0 Å². The van der Waals surface area contributed by atoms with Crippen LogP contribution in [-0.2, 0) is 6.42 Å². The van der Waals surface area contributed by atoms with Gasteiger partial charge in [-0.05, 0) is 19.0 Å². The smallest absolute Gasteiger partial charge is 0.0950 e. The Bertz CT molecular complexity index is 383. The largest absolute Gasteiger partial charge is 0.472 e. The zero-order chi connectivity index (χ0) is 11.2. The number of nitrogens with zero attached hydrogens (tertiary/aromatic N) is 1. The molecule has 4 heteroatoms. The molecule has 0 fully saturated rings. The number of thiazole rings is 1. The van der Waals surface area contributed by atoms with Gasteiger partial charge in [-0.2, -0.15) is 0 Å². The van der Waals surface area contributed by atoms with Crippen molar-refractivity contribution in [2.24, 2.45) is 0 Å². The average Bonchev–Trinajstić information content (AvgIpc) is 2.96. The van der Waals surface area contributed by atoms with Crippen LogP contribution < -0.4 is 5.32 Å². The quantitative estimate of drug-likeness (QED) is 0.837. The van der Waals surface area contributed by atoms with Crippen molar-refractivity contribution < 1.29 is 4.42 Å². The van der Waals surface area contributed by atoms with Gasteiger partial charge in [0.25, 0.3) is 0 Å². The Hall–Kier alpha value is -1.13. The van der Waals surface area contributed by atoms with Crippen LogP contribution in [-0.4, -0.2) is 11.5 Å². The molecule has 0 spiro atoms. The van der Waals surface area contributed by atoms with Gasteiger partial charge in [-0.15, -0.1) is 11.3 Å². The minimum absolute atomic E-state index is 0.333. The van der Waals surface area contributed by atoms with Crippen molar-refractivity contribution in [1.29, 1.82) is 0 Å². The van der Waals surface area contributed by atoms with Gasteiger partial charge in [-0.3, -0.25) is 4.98 Å². The van der Waals surface area contributed by atoms with E-state index in [1.54, 1.807) is 17.6 Å². The molecule has 0 aromatic carbocycles. The highest BCUT2D eigenvalue weighted by atomic mass is 32.1. The minimum Gasteiger partial charge on any atom is -0.472 e. The number of furan rings is 1. The van der Waals surface area contributed by atoms with Crippen molar-refractivity contribution in [1.82, 2.24) is 10.3 Å². The second-order valence-corrected chi connectivity index (χ2v) is 4.71. The molecule has 2 rings (SSSR count). The Balaban J connectivity index is 2.03. The molecule has 2 aromatic heterocycles. The third-order valence-corrected chi connectivity index (χ3v) is 3.28. The summed E-state index contributed by atoms with van der Waals surface area (Å²) in [5.74, 6) is 0. The normalized spacial score (nSPS) is 12.8. The van der Waals surface area contributed by atoms with Crippen LogP contribution in [0.25, 0.3) is 0 Å². The van der Waals surface area contributed by atoms with E-state index in [0.717, 1.165) is 19.4 Å². The minimum atomic E-state index is 0.333. The van der Waals surface area contributed by atoms with Crippen LogP contribution in [0, 0.1) is 0 Å². The molecular formula is C12H16N2OS. The van der Waals surface area contributed by atoms with Gasteiger partial charge >= 0.3 is 0 Å². The summed E-state index contributed by atoms with van der Waals surface area (Å²) in [7, 11) is 0. The van der Waals surface area contributed by atoms with Gasteiger partial charge in [0.15, 0.2) is 0 Å². The predicted molar refractivity (Wildman–Crippen MR) is 65.6 cm³/mol. The Morgan fingerprint density at radius 1 is 1.56 bits per heavy atom. The highest BCUT2D eigenvalue weighted by Gasteiger charge is 2.13. The molecule has 86 valence electrons. The summed E-state index contributed by atoms with van der Waals surface area (Å²) in [5, 5.41) is 3.53. The van der Waals surface area contributed by atoms with Gasteiger partial charge in [0.05, 0.1) is 18.0 Å². The fraction of sp³-hybridized carbons (Fsp3) is 0.417. The lowest BCUT2D eigenvalue weighted by atomic mass is 10.1. The molecule has 2 aromatic rings. The lowest BCUT2D eigenvalue weighted by molar-refractivity contribution is 0.514. The van der Waals surface area contributed by atoms with E-state index in [2.05, 4.69) is 17.2 Å². The van der Waals surface area contributed by atoms with Crippen LogP contribution in [0.5, 0.6) is 0 Å². The Morgan fingerprint density at radius 3 is 3.12 bits per heavy atom. The van der Waals surface area contributed by atoms with Crippen molar-refractivity contribution in [3.05, 3.63) is 40.7 Å². The summed E-state index contributed by atoms with van der Waals surface area (Å²) in [6, 6.07) is 2.35. The summed E-state index contributed by atoms with van der Waals surface area (Å²) in [4.78, 5) is 5.40. The van der Waals surface area contributed by atoms with Crippen molar-refractivity contribution in [3.63, 3.8) is 0 Å². The summed E-state index contributed by atoms with van der Waals surface area (Å²) in [6.07, 6.45) is 7.59. The Labute approximate surface area is 99.5 Å². The van der Waals surface area contributed by atoms with Crippen LogP contribution in [0.4, 0.5) is 0 Å². The van der Waals surface area contributed by atoms with Crippen molar-refractivity contribution in [2.75, 3.05) is 6.54 Å². The fourth-order valence-electron chi connectivity index (χ4n) is 1.64. The fourth-order valence-corrected chi connectivity index (χ4v) is 2.29. The van der Waals surface area contributed by atoms with E-state index in [-0.39, 0.29) is 0 Å². The lowest BCUT2D eigenvalue weighted by Crippen LogP contribution is -2.23. The van der Waals surface area contributed by atoms with Crippen LogP contribution >= 0.6 is 11.3 Å². The highest BCUT2D eigenvalue weighted by molar-refractivity contribution is 7.09. The summed E-state index contributed by atoms with van der Waals surface area (Å²) < 4.78 is 5.14. The van der Waals surface area contributed by atoms with E-state index in [4.69, 9.17) is 4.42 Å². The maximum absolute atomic E-state index is 5.14. The van der Waals surface area contributed by atoms with Crippen LogP contribution in [0.15, 0.2) is 34.7 Å². The number of rotatable bonds is 6. The monoisotopic (exact) mass is 236 g/mol. The maximum Gasteiger partial charge on any atom is 0.0950 e. The lowest BCUT2D eigenvalue weighted by Gasteiger charge is -2.15. The molecular weight excluding hydrogens is 220 g/mol. The zero-order valence-corrected chi connectivity index (χ0v) is 10.2. The Kier molecular flexibility index (Phi) is 4.13. The number of aromatic nitrogens is 1. The van der Waals surface area contributed by atoms with E-state index in [1.165, 1.54) is 10.4 Å². The topological polar surface area (TPSA) is 38.1 Å². The molecule has 0 aliphatic heterocycles. The highest BCUT2D eigenvalue weighted by Crippen LogP contribution is 2.20. The first-order valence-electron chi connectivity index (χ1n) is 5.53. The molecule has 0 aliphatic carbocycles. The summed E-state index contributed by atoms with van der Waals surface area (Å²) in [5.41, 5.74) is 3.09. The molecule has 0 saturated heterocycles. The number of hydrogen-bond acceptors (Lipinski definition) is 4. The van der Waals surface area contributed by atoms with E-state index in [9.17, 15) is 0 Å². The molecule has 0 saturated carbocycles. The first-order chi connectivity index (χ1) is 7.90. The van der Waals surface area contributed by atoms with Gasteiger partial charge in [0.1, 0.15) is 0 Å². The third-order valence-electron chi connectivity index (χ3n) is 2.48. The van der Waals surface area contributed by atoms with Gasteiger partial charge in [-0.1, -0.05) is 6.92 Å². The molecule has 0 radical (unpaired) electrons. The van der Waals surface area contributed by atoms with Gasteiger partial charge < -0.3 is 9.73 Å². The Morgan fingerprint density at radius 2 is 2.50 bits per heavy atom. The van der Waals surface area contributed by atoms with Crippen LogP contribution in [0.1, 0.15) is 29.8 Å². The molecule has 3 nitrogen and oxygen atoms in total. The SMILES string of the molecule is CCCNC(Cc1cncs1)c1ccoc1. The summed E-state index contributed by atoms with van der Waals surface area (Å²) in [6.45, 7) is 3.20. The van der Waals surface area contributed by atoms with Crippen LogP contribution in [0.3, 0.4) is 0 Å². The molecule has 16 heavy (non-hydrogen) atoms. The first-order valence-corrected chi connectivity index (χ1v) is 6.41. The maximum atomic E-state index is 5.14. The van der Waals surface area contributed by atoms with Crippen molar-refractivity contribution in [3.8, 4) is 0 Å². The van der Waals surface area contributed by atoms with Crippen molar-refractivity contribution >= 4 is 11.3 Å². The molecule has 1 atom stereocenters. The number of nitrogens with one attached hydrogen (secondary N) is 1.